The van der Waals surface area contributed by atoms with Crippen molar-refractivity contribution < 1.29 is 32.6 Å². The van der Waals surface area contributed by atoms with Gasteiger partial charge in [0.25, 0.3) is 0 Å². The number of rotatable bonds is 11. The van der Waals surface area contributed by atoms with Crippen LogP contribution < -0.4 is 19.8 Å². The van der Waals surface area contributed by atoms with E-state index in [9.17, 15) is 9.59 Å². The molecule has 0 N–H and O–H groups in total. The summed E-state index contributed by atoms with van der Waals surface area (Å²) in [6.45, 7) is 11.5. The Kier molecular flexibility index (Phi) is 9.63. The third-order valence-corrected chi connectivity index (χ3v) is 11.6. The number of hydrogen-bond donors (Lipinski definition) is 0. The van der Waals surface area contributed by atoms with Gasteiger partial charge in [-0.3, -0.25) is 0 Å². The molecule has 3 rings (SSSR count). The average molecular weight is 555 g/mol. The number of carbonyl (C=O) groups is 1. The van der Waals surface area contributed by atoms with Gasteiger partial charge in [0.1, 0.15) is 23.7 Å². The first-order chi connectivity index (χ1) is 18.4. The predicted molar refractivity (Wildman–Crippen MR) is 152 cm³/mol. The minimum absolute atomic E-state index is 0.0549. The second-order valence-electron chi connectivity index (χ2n) is 10.6. The van der Waals surface area contributed by atoms with Crippen molar-refractivity contribution in [1.82, 2.24) is 0 Å². The van der Waals surface area contributed by atoms with Crippen LogP contribution in [-0.2, 0) is 22.2 Å². The zero-order valence-electron chi connectivity index (χ0n) is 24.0. The molecule has 0 aliphatic heterocycles. The van der Waals surface area contributed by atoms with E-state index >= 15 is 0 Å². The molecule has 3 aromatic rings. The number of ether oxygens (including phenoxy) is 4. The first-order valence-electron chi connectivity index (χ1n) is 12.7. The molecule has 0 amide bonds. The summed E-state index contributed by atoms with van der Waals surface area (Å²) < 4.78 is 34.0. The number of benzene rings is 2. The average Bonchev–Trinajstić information content (AvgIpc) is 2.90. The third kappa shape index (κ3) is 7.10. The Morgan fingerprint density at radius 2 is 1.56 bits per heavy atom. The van der Waals surface area contributed by atoms with Crippen molar-refractivity contribution in [2.75, 3.05) is 27.9 Å². The Balaban J connectivity index is 2.10. The van der Waals surface area contributed by atoms with Crippen LogP contribution in [0.2, 0.25) is 18.1 Å². The zero-order chi connectivity index (χ0) is 28.8. The van der Waals surface area contributed by atoms with Crippen molar-refractivity contribution in [3.8, 4) is 28.4 Å². The van der Waals surface area contributed by atoms with Crippen LogP contribution in [0.1, 0.15) is 42.5 Å². The highest BCUT2D eigenvalue weighted by molar-refractivity contribution is 6.74. The normalized spacial score (nSPS) is 11.7. The molecule has 2 aromatic carbocycles. The maximum absolute atomic E-state index is 13.5. The quantitative estimate of drug-likeness (QED) is 0.203. The fourth-order valence-electron chi connectivity index (χ4n) is 3.72. The third-order valence-electron chi connectivity index (χ3n) is 7.02. The van der Waals surface area contributed by atoms with E-state index in [0.717, 1.165) is 5.56 Å². The summed E-state index contributed by atoms with van der Waals surface area (Å²) in [5.41, 5.74) is 0.711. The van der Waals surface area contributed by atoms with Crippen LogP contribution in [0.3, 0.4) is 0 Å². The van der Waals surface area contributed by atoms with Crippen LogP contribution >= 0.6 is 0 Å². The van der Waals surface area contributed by atoms with Gasteiger partial charge in [-0.05, 0) is 35.8 Å². The van der Waals surface area contributed by atoms with E-state index in [2.05, 4.69) is 33.9 Å². The largest absolute Gasteiger partial charge is 0.493 e. The lowest BCUT2D eigenvalue weighted by Gasteiger charge is -2.36. The Bertz CT molecular complexity index is 1340. The van der Waals surface area contributed by atoms with E-state index in [-0.39, 0.29) is 34.1 Å². The van der Waals surface area contributed by atoms with Gasteiger partial charge >= 0.3 is 11.6 Å². The Hall–Kier alpha value is -3.56. The molecule has 9 heteroatoms. The lowest BCUT2D eigenvalue weighted by molar-refractivity contribution is 0.0601. The minimum Gasteiger partial charge on any atom is -0.493 e. The van der Waals surface area contributed by atoms with Gasteiger partial charge in [-0.25, -0.2) is 9.59 Å². The summed E-state index contributed by atoms with van der Waals surface area (Å²) in [4.78, 5) is 26.3. The predicted octanol–water partition coefficient (Wildman–Crippen LogP) is 6.25. The van der Waals surface area contributed by atoms with E-state index in [1.807, 2.05) is 30.3 Å². The molecule has 0 saturated carbocycles. The van der Waals surface area contributed by atoms with E-state index < -0.39 is 19.9 Å². The van der Waals surface area contributed by atoms with Crippen molar-refractivity contribution in [2.24, 2.45) is 0 Å². The summed E-state index contributed by atoms with van der Waals surface area (Å²) in [6.07, 6.45) is 0.388. The van der Waals surface area contributed by atoms with Crippen molar-refractivity contribution in [2.45, 2.75) is 51.9 Å². The second-order valence-corrected chi connectivity index (χ2v) is 15.4. The van der Waals surface area contributed by atoms with Crippen LogP contribution in [0.5, 0.6) is 17.2 Å². The van der Waals surface area contributed by atoms with Gasteiger partial charge in [0.2, 0.25) is 0 Å². The van der Waals surface area contributed by atoms with Gasteiger partial charge < -0.3 is 27.8 Å². The smallest absolute Gasteiger partial charge is 0.347 e. The maximum atomic E-state index is 13.5. The second kappa shape index (κ2) is 12.5. The first-order valence-corrected chi connectivity index (χ1v) is 15.6. The molecular weight excluding hydrogens is 516 g/mol. The fourth-order valence-corrected chi connectivity index (χ4v) is 4.77. The molecule has 0 atom stereocenters. The molecule has 0 aliphatic carbocycles. The standard InChI is InChI=1S/C30H38O8Si/c1-30(2,3)39(7,8)37-15-14-21-16-26(36-19-20-12-10-9-11-13-20)27(29(32)38-21)22-17-24(33-4)25(34-5)18-23(22)28(31)35-6/h9-13,16-18H,14-15,19H2,1-8H3. The van der Waals surface area contributed by atoms with Gasteiger partial charge in [0, 0.05) is 24.7 Å². The molecule has 1 heterocycles. The van der Waals surface area contributed by atoms with Gasteiger partial charge in [-0.15, -0.1) is 0 Å². The van der Waals surface area contributed by atoms with Crippen molar-refractivity contribution >= 4 is 14.3 Å². The first kappa shape index (κ1) is 30.0. The summed E-state index contributed by atoms with van der Waals surface area (Å²) >= 11 is 0. The summed E-state index contributed by atoms with van der Waals surface area (Å²) in [5.74, 6) is 0.698. The number of esters is 1. The maximum Gasteiger partial charge on any atom is 0.347 e. The molecule has 0 radical (unpaired) electrons. The molecule has 0 spiro atoms. The van der Waals surface area contributed by atoms with E-state index in [0.29, 0.717) is 30.3 Å². The van der Waals surface area contributed by atoms with Crippen LogP contribution in [0, 0.1) is 0 Å². The van der Waals surface area contributed by atoms with Gasteiger partial charge in [-0.1, -0.05) is 51.1 Å². The van der Waals surface area contributed by atoms with E-state index in [1.165, 1.54) is 27.4 Å². The van der Waals surface area contributed by atoms with Crippen molar-refractivity contribution in [3.05, 3.63) is 75.8 Å². The van der Waals surface area contributed by atoms with Crippen molar-refractivity contribution in [1.29, 1.82) is 0 Å². The molecular formula is C30H38O8Si. The summed E-state index contributed by atoms with van der Waals surface area (Å²) in [5, 5.41) is 0.0549. The van der Waals surface area contributed by atoms with Crippen molar-refractivity contribution in [3.63, 3.8) is 0 Å². The highest BCUT2D eigenvalue weighted by Crippen LogP contribution is 2.39. The van der Waals surface area contributed by atoms with Gasteiger partial charge in [0.15, 0.2) is 19.8 Å². The van der Waals surface area contributed by atoms with Crippen LogP contribution in [0.25, 0.3) is 11.1 Å². The van der Waals surface area contributed by atoms with Crippen LogP contribution in [-0.4, -0.2) is 42.2 Å². The molecule has 0 saturated heterocycles. The molecule has 8 nitrogen and oxygen atoms in total. The highest BCUT2D eigenvalue weighted by atomic mass is 28.4. The number of hydrogen-bond acceptors (Lipinski definition) is 8. The highest BCUT2D eigenvalue weighted by Gasteiger charge is 2.37. The Morgan fingerprint density at radius 1 is 0.923 bits per heavy atom. The summed E-state index contributed by atoms with van der Waals surface area (Å²) in [6, 6.07) is 14.3. The molecule has 0 bridgehead atoms. The monoisotopic (exact) mass is 554 g/mol. The Labute approximate surface area is 230 Å². The molecule has 210 valence electrons. The number of methoxy groups -OCH3 is 3. The minimum atomic E-state index is -1.98. The molecule has 1 aromatic heterocycles. The van der Waals surface area contributed by atoms with E-state index in [4.69, 9.17) is 27.8 Å². The fraction of sp³-hybridized carbons (Fsp3) is 0.400. The lowest BCUT2D eigenvalue weighted by atomic mass is 9.99. The van der Waals surface area contributed by atoms with Gasteiger partial charge in [0.05, 0.1) is 26.9 Å². The molecule has 0 unspecified atom stereocenters. The molecule has 0 aliphatic rings. The van der Waals surface area contributed by atoms with Gasteiger partial charge in [-0.2, -0.15) is 0 Å². The lowest BCUT2D eigenvalue weighted by Crippen LogP contribution is -2.41. The molecule has 0 fully saturated rings. The SMILES string of the molecule is COC(=O)c1cc(OC)c(OC)cc1-c1c(OCc2ccccc2)cc(CCO[Si](C)(C)C(C)(C)C)oc1=O. The Morgan fingerprint density at radius 3 is 2.15 bits per heavy atom. The van der Waals surface area contributed by atoms with Crippen LogP contribution in [0.4, 0.5) is 0 Å². The topological polar surface area (TPSA) is 93.4 Å². The zero-order valence-corrected chi connectivity index (χ0v) is 25.0. The molecule has 39 heavy (non-hydrogen) atoms. The number of carbonyl (C=O) groups excluding carboxylic acids is 1. The summed E-state index contributed by atoms with van der Waals surface area (Å²) in [7, 11) is 2.22. The van der Waals surface area contributed by atoms with E-state index in [1.54, 1.807) is 12.1 Å². The van der Waals surface area contributed by atoms with Crippen LogP contribution in [0.15, 0.2) is 57.7 Å².